The Labute approximate surface area is 67.0 Å². The van der Waals surface area contributed by atoms with E-state index in [1.165, 1.54) is 11.3 Å². The van der Waals surface area contributed by atoms with Crippen LogP contribution in [0.1, 0.15) is 5.56 Å². The molecule has 1 nitrogen and oxygen atoms in total. The molecule has 55 valence electrons. The highest BCUT2D eigenvalue weighted by atomic mass is 15.1. The minimum absolute atomic E-state index is 1.27. The molecule has 1 aliphatic rings. The normalized spacial score (nSPS) is 14.8. The minimum atomic E-state index is 1.27. The second-order valence-electron chi connectivity index (χ2n) is 2.68. The lowest BCUT2D eigenvalue weighted by Gasteiger charge is -2.22. The van der Waals surface area contributed by atoms with E-state index in [0.717, 1.165) is 0 Å². The van der Waals surface area contributed by atoms with Crippen LogP contribution in [0.15, 0.2) is 30.3 Å². The van der Waals surface area contributed by atoms with Crippen LogP contribution < -0.4 is 4.90 Å². The number of hydrogen-bond acceptors (Lipinski definition) is 1. The number of likely N-dealkylation sites (N-methyl/N-ethyl adjacent to an activating group) is 1. The van der Waals surface area contributed by atoms with Crippen LogP contribution in [-0.4, -0.2) is 7.05 Å². The van der Waals surface area contributed by atoms with E-state index in [-0.39, 0.29) is 0 Å². The third kappa shape index (κ3) is 1.03. The van der Waals surface area contributed by atoms with Crippen molar-refractivity contribution in [3.63, 3.8) is 0 Å². The maximum absolute atomic E-state index is 2.12. The molecule has 0 saturated carbocycles. The summed E-state index contributed by atoms with van der Waals surface area (Å²) in [5.74, 6) is 0. The molecule has 2 rings (SSSR count). The van der Waals surface area contributed by atoms with E-state index < -0.39 is 0 Å². The predicted octanol–water partition coefficient (Wildman–Crippen LogP) is 2.31. The molecule has 0 unspecified atom stereocenters. The van der Waals surface area contributed by atoms with E-state index in [4.69, 9.17) is 0 Å². The van der Waals surface area contributed by atoms with Gasteiger partial charge in [0.05, 0.1) is 6.54 Å². The van der Waals surface area contributed by atoms with Crippen LogP contribution in [0.2, 0.25) is 0 Å². The quantitative estimate of drug-likeness (QED) is 0.540. The van der Waals surface area contributed by atoms with Gasteiger partial charge in [-0.15, -0.1) is 0 Å². The van der Waals surface area contributed by atoms with E-state index in [0.29, 0.717) is 0 Å². The van der Waals surface area contributed by atoms with Gasteiger partial charge in [0, 0.05) is 12.7 Å². The van der Waals surface area contributed by atoms with Crippen molar-refractivity contribution in [2.45, 2.75) is 0 Å². The molecule has 1 aliphatic heterocycles. The van der Waals surface area contributed by atoms with E-state index in [1.807, 2.05) is 0 Å². The fourth-order valence-electron chi connectivity index (χ4n) is 1.31. The molecule has 1 heterocycles. The first-order valence-electron chi connectivity index (χ1n) is 3.71. The monoisotopic (exact) mass is 144 g/mol. The largest absolute Gasteiger partial charge is 0.365 e. The van der Waals surface area contributed by atoms with Gasteiger partial charge in [-0.3, -0.25) is 0 Å². The molecular formula is C10H10N. The Balaban J connectivity index is 2.54. The summed E-state index contributed by atoms with van der Waals surface area (Å²) in [6.45, 7) is 2.06. The average Bonchev–Trinajstić information content (AvgIpc) is 2.06. The van der Waals surface area contributed by atoms with E-state index in [2.05, 4.69) is 54.9 Å². The van der Waals surface area contributed by atoms with Crippen LogP contribution in [0.3, 0.4) is 0 Å². The molecule has 0 fully saturated rings. The van der Waals surface area contributed by atoms with Gasteiger partial charge in [0.25, 0.3) is 0 Å². The summed E-state index contributed by atoms with van der Waals surface area (Å²) in [6, 6.07) is 8.36. The van der Waals surface area contributed by atoms with Crippen LogP contribution in [0.4, 0.5) is 5.69 Å². The molecular weight excluding hydrogens is 134 g/mol. The lowest BCUT2D eigenvalue weighted by Crippen LogP contribution is -2.14. The van der Waals surface area contributed by atoms with Gasteiger partial charge in [-0.2, -0.15) is 0 Å². The smallest absolute Gasteiger partial charge is 0.0713 e. The number of para-hydroxylation sites is 1. The van der Waals surface area contributed by atoms with E-state index in [1.54, 1.807) is 0 Å². The third-order valence-corrected chi connectivity index (χ3v) is 1.90. The van der Waals surface area contributed by atoms with Gasteiger partial charge in [-0.05, 0) is 11.6 Å². The first-order valence-corrected chi connectivity index (χ1v) is 3.71. The van der Waals surface area contributed by atoms with Crippen molar-refractivity contribution in [3.8, 4) is 0 Å². The fraction of sp³-hybridized carbons (Fsp3) is 0.100. The SMILES string of the molecule is CN1[CH]C=Cc2ccccc21. The summed E-state index contributed by atoms with van der Waals surface area (Å²) >= 11 is 0. The Bertz CT molecular complexity index is 289. The van der Waals surface area contributed by atoms with Crippen molar-refractivity contribution in [1.82, 2.24) is 0 Å². The lowest BCUT2D eigenvalue weighted by atomic mass is 10.1. The maximum atomic E-state index is 2.12. The molecule has 0 atom stereocenters. The molecule has 0 N–H and O–H groups in total. The van der Waals surface area contributed by atoms with Crippen LogP contribution in [0.25, 0.3) is 6.08 Å². The first-order chi connectivity index (χ1) is 5.38. The van der Waals surface area contributed by atoms with Crippen molar-refractivity contribution in [1.29, 1.82) is 0 Å². The van der Waals surface area contributed by atoms with Crippen LogP contribution in [0.5, 0.6) is 0 Å². The standard InChI is InChI=1S/C10H10N/c1-11-8-4-6-9-5-2-3-7-10(9)11/h2-8H,1H3. The third-order valence-electron chi connectivity index (χ3n) is 1.90. The first kappa shape index (κ1) is 6.47. The number of anilines is 1. The van der Waals surface area contributed by atoms with Crippen molar-refractivity contribution >= 4 is 11.8 Å². The molecule has 0 amide bonds. The summed E-state index contributed by atoms with van der Waals surface area (Å²) in [6.07, 6.45) is 4.18. The molecule has 0 aromatic heterocycles. The zero-order valence-corrected chi connectivity index (χ0v) is 6.49. The molecule has 0 bridgehead atoms. The van der Waals surface area contributed by atoms with Crippen LogP contribution in [0, 0.1) is 6.54 Å². The van der Waals surface area contributed by atoms with E-state index in [9.17, 15) is 0 Å². The fourth-order valence-corrected chi connectivity index (χ4v) is 1.31. The van der Waals surface area contributed by atoms with Gasteiger partial charge in [-0.1, -0.05) is 30.4 Å². The zero-order chi connectivity index (χ0) is 7.68. The van der Waals surface area contributed by atoms with Crippen molar-refractivity contribution in [2.24, 2.45) is 0 Å². The Morgan fingerprint density at radius 3 is 2.82 bits per heavy atom. The molecule has 1 aromatic rings. The Morgan fingerprint density at radius 1 is 1.18 bits per heavy atom. The van der Waals surface area contributed by atoms with Gasteiger partial charge < -0.3 is 4.90 Å². The minimum Gasteiger partial charge on any atom is -0.365 e. The maximum Gasteiger partial charge on any atom is 0.0713 e. The second-order valence-corrected chi connectivity index (χ2v) is 2.68. The summed E-state index contributed by atoms with van der Waals surface area (Å²) in [5, 5.41) is 0. The number of hydrogen-bond donors (Lipinski definition) is 0. The van der Waals surface area contributed by atoms with Crippen molar-refractivity contribution in [3.05, 3.63) is 42.4 Å². The number of fused-ring (bicyclic) bond motifs is 1. The molecule has 1 radical (unpaired) electrons. The molecule has 1 aromatic carbocycles. The van der Waals surface area contributed by atoms with Gasteiger partial charge >= 0.3 is 0 Å². The topological polar surface area (TPSA) is 3.24 Å². The van der Waals surface area contributed by atoms with Gasteiger partial charge in [-0.25, -0.2) is 0 Å². The van der Waals surface area contributed by atoms with Gasteiger partial charge in [0.2, 0.25) is 0 Å². The summed E-state index contributed by atoms with van der Waals surface area (Å²) < 4.78 is 0. The molecule has 0 spiro atoms. The second kappa shape index (κ2) is 2.42. The van der Waals surface area contributed by atoms with Crippen LogP contribution >= 0.6 is 0 Å². The average molecular weight is 144 g/mol. The highest BCUT2D eigenvalue weighted by molar-refractivity contribution is 5.72. The Morgan fingerprint density at radius 2 is 2.00 bits per heavy atom. The predicted molar refractivity (Wildman–Crippen MR) is 48.2 cm³/mol. The Hall–Kier alpha value is -1.24. The van der Waals surface area contributed by atoms with Gasteiger partial charge in [0.1, 0.15) is 0 Å². The molecule has 0 aliphatic carbocycles. The summed E-state index contributed by atoms with van der Waals surface area (Å²) in [4.78, 5) is 2.12. The van der Waals surface area contributed by atoms with Crippen molar-refractivity contribution < 1.29 is 0 Å². The molecule has 0 saturated heterocycles. The highest BCUT2D eigenvalue weighted by Crippen LogP contribution is 2.24. The number of nitrogens with zero attached hydrogens (tertiary/aromatic N) is 1. The van der Waals surface area contributed by atoms with Crippen LogP contribution in [-0.2, 0) is 0 Å². The number of benzene rings is 1. The number of rotatable bonds is 0. The van der Waals surface area contributed by atoms with Gasteiger partial charge in [0.15, 0.2) is 0 Å². The molecule has 11 heavy (non-hydrogen) atoms. The van der Waals surface area contributed by atoms with E-state index >= 15 is 0 Å². The zero-order valence-electron chi connectivity index (χ0n) is 6.49. The Kier molecular flexibility index (Phi) is 1.42. The molecule has 1 heteroatoms. The van der Waals surface area contributed by atoms with Crippen molar-refractivity contribution in [2.75, 3.05) is 11.9 Å². The summed E-state index contributed by atoms with van der Waals surface area (Å²) in [5.41, 5.74) is 2.56. The lowest BCUT2D eigenvalue weighted by molar-refractivity contribution is 1.12. The summed E-state index contributed by atoms with van der Waals surface area (Å²) in [7, 11) is 2.06. The highest BCUT2D eigenvalue weighted by Gasteiger charge is 2.06.